The molecule has 140 valence electrons. The molecule has 0 aromatic heterocycles. The Hall–Kier alpha value is -0.120. The van der Waals surface area contributed by atoms with Crippen LogP contribution in [0.4, 0.5) is 0 Å². The van der Waals surface area contributed by atoms with Gasteiger partial charge in [-0.25, -0.2) is 0 Å². The van der Waals surface area contributed by atoms with Crippen molar-refractivity contribution in [3.63, 3.8) is 0 Å². The maximum absolute atomic E-state index is 5.58. The average Bonchev–Trinajstić information content (AvgIpc) is 2.57. The van der Waals surface area contributed by atoms with Gasteiger partial charge in [0.25, 0.3) is 0 Å². The summed E-state index contributed by atoms with van der Waals surface area (Å²) < 4.78 is 16.5. The van der Waals surface area contributed by atoms with Crippen molar-refractivity contribution in [1.82, 2.24) is 0 Å². The van der Waals surface area contributed by atoms with E-state index < -0.39 is 0 Å². The Kier molecular flexibility index (Phi) is 21.8. The van der Waals surface area contributed by atoms with E-state index >= 15 is 0 Å². The van der Waals surface area contributed by atoms with Gasteiger partial charge in [0.2, 0.25) is 0 Å². The van der Waals surface area contributed by atoms with Gasteiger partial charge < -0.3 is 14.2 Å². The van der Waals surface area contributed by atoms with Crippen LogP contribution in [-0.2, 0) is 14.2 Å². The molecule has 0 bridgehead atoms. The van der Waals surface area contributed by atoms with E-state index in [4.69, 9.17) is 14.2 Å². The van der Waals surface area contributed by atoms with Crippen LogP contribution in [0, 0.1) is 0 Å². The summed E-state index contributed by atoms with van der Waals surface area (Å²) in [6.45, 7) is 8.98. The van der Waals surface area contributed by atoms with E-state index in [0.717, 1.165) is 19.6 Å². The molecule has 0 spiro atoms. The molecular formula is C20H42O3. The Morgan fingerprint density at radius 1 is 0.348 bits per heavy atom. The van der Waals surface area contributed by atoms with E-state index in [2.05, 4.69) is 13.8 Å². The third kappa shape index (κ3) is 21.9. The van der Waals surface area contributed by atoms with E-state index in [1.807, 2.05) is 0 Å². The first-order valence-corrected chi connectivity index (χ1v) is 10.1. The van der Waals surface area contributed by atoms with Gasteiger partial charge in [-0.15, -0.1) is 0 Å². The Labute approximate surface area is 145 Å². The van der Waals surface area contributed by atoms with Crippen LogP contribution in [0.5, 0.6) is 0 Å². The maximum atomic E-state index is 5.58. The minimum atomic E-state index is 0.686. The first kappa shape index (κ1) is 22.9. The van der Waals surface area contributed by atoms with E-state index in [-0.39, 0.29) is 0 Å². The summed E-state index contributed by atoms with van der Waals surface area (Å²) in [5, 5.41) is 0. The molecule has 0 aliphatic rings. The van der Waals surface area contributed by atoms with Crippen molar-refractivity contribution >= 4 is 0 Å². The zero-order valence-corrected chi connectivity index (χ0v) is 16.0. The molecular weight excluding hydrogens is 288 g/mol. The van der Waals surface area contributed by atoms with Gasteiger partial charge in [0.1, 0.15) is 0 Å². The molecule has 0 saturated heterocycles. The van der Waals surface area contributed by atoms with Crippen LogP contribution in [0.3, 0.4) is 0 Å². The molecule has 0 atom stereocenters. The minimum absolute atomic E-state index is 0.686. The molecule has 0 amide bonds. The Balaban J connectivity index is 2.92. The quantitative estimate of drug-likeness (QED) is 0.266. The number of hydrogen-bond acceptors (Lipinski definition) is 3. The summed E-state index contributed by atoms with van der Waals surface area (Å²) in [6, 6.07) is 0. The highest BCUT2D eigenvalue weighted by Gasteiger charge is 1.94. The molecule has 23 heavy (non-hydrogen) atoms. The zero-order valence-electron chi connectivity index (χ0n) is 16.0. The topological polar surface area (TPSA) is 27.7 Å². The van der Waals surface area contributed by atoms with Gasteiger partial charge in [0, 0.05) is 13.2 Å². The van der Waals surface area contributed by atoms with Crippen LogP contribution in [0.1, 0.15) is 90.9 Å². The van der Waals surface area contributed by atoms with E-state index in [1.54, 1.807) is 0 Å². The fraction of sp³-hybridized carbons (Fsp3) is 1.00. The largest absolute Gasteiger partial charge is 0.379 e. The molecule has 0 N–H and O–H groups in total. The molecule has 0 aromatic carbocycles. The molecule has 0 aliphatic heterocycles. The number of rotatable bonds is 20. The highest BCUT2D eigenvalue weighted by Crippen LogP contribution is 2.10. The fourth-order valence-corrected chi connectivity index (χ4v) is 2.48. The molecule has 0 aliphatic carbocycles. The van der Waals surface area contributed by atoms with Gasteiger partial charge in [-0.1, -0.05) is 78.1 Å². The molecule has 3 heteroatoms. The van der Waals surface area contributed by atoms with Crippen LogP contribution in [0.15, 0.2) is 0 Å². The van der Waals surface area contributed by atoms with Gasteiger partial charge in [0.05, 0.1) is 26.4 Å². The lowest BCUT2D eigenvalue weighted by atomic mass is 10.1. The highest BCUT2D eigenvalue weighted by molar-refractivity contribution is 4.47. The lowest BCUT2D eigenvalue weighted by Crippen LogP contribution is -2.10. The average molecular weight is 331 g/mol. The van der Waals surface area contributed by atoms with Crippen LogP contribution in [0.2, 0.25) is 0 Å². The molecule has 3 nitrogen and oxygen atoms in total. The van der Waals surface area contributed by atoms with Crippen LogP contribution >= 0.6 is 0 Å². The normalized spacial score (nSPS) is 11.2. The van der Waals surface area contributed by atoms with Crippen LogP contribution in [0.25, 0.3) is 0 Å². The summed E-state index contributed by atoms with van der Waals surface area (Å²) >= 11 is 0. The molecule has 0 fully saturated rings. The SMILES string of the molecule is CCCCCCCCCCCCOCCOCCOCCCC. The first-order chi connectivity index (χ1) is 11.4. The van der Waals surface area contributed by atoms with Crippen molar-refractivity contribution in [1.29, 1.82) is 0 Å². The number of ether oxygens (including phenoxy) is 3. The van der Waals surface area contributed by atoms with E-state index in [0.29, 0.717) is 26.4 Å². The standard InChI is InChI=1S/C20H42O3/c1-3-5-7-8-9-10-11-12-13-14-16-22-18-20-23-19-17-21-15-6-4-2/h3-20H2,1-2H3. The van der Waals surface area contributed by atoms with E-state index in [9.17, 15) is 0 Å². The van der Waals surface area contributed by atoms with Crippen molar-refractivity contribution in [2.45, 2.75) is 90.9 Å². The molecule has 0 rings (SSSR count). The van der Waals surface area contributed by atoms with Crippen molar-refractivity contribution in [2.75, 3.05) is 39.6 Å². The van der Waals surface area contributed by atoms with Crippen molar-refractivity contribution in [3.8, 4) is 0 Å². The van der Waals surface area contributed by atoms with Crippen LogP contribution in [-0.4, -0.2) is 39.6 Å². The van der Waals surface area contributed by atoms with Gasteiger partial charge in [-0.3, -0.25) is 0 Å². The maximum Gasteiger partial charge on any atom is 0.0701 e. The lowest BCUT2D eigenvalue weighted by molar-refractivity contribution is 0.0134. The zero-order chi connectivity index (χ0) is 16.8. The molecule has 0 radical (unpaired) electrons. The van der Waals surface area contributed by atoms with Crippen molar-refractivity contribution in [3.05, 3.63) is 0 Å². The Morgan fingerprint density at radius 3 is 1.17 bits per heavy atom. The van der Waals surface area contributed by atoms with Gasteiger partial charge >= 0.3 is 0 Å². The van der Waals surface area contributed by atoms with Crippen molar-refractivity contribution < 1.29 is 14.2 Å². The van der Waals surface area contributed by atoms with E-state index in [1.165, 1.54) is 70.6 Å². The Bertz CT molecular complexity index is 177. The molecule has 0 aromatic rings. The summed E-state index contributed by atoms with van der Waals surface area (Å²) in [6.07, 6.45) is 16.0. The molecule has 0 unspecified atom stereocenters. The minimum Gasteiger partial charge on any atom is -0.379 e. The fourth-order valence-electron chi connectivity index (χ4n) is 2.48. The second-order valence-corrected chi connectivity index (χ2v) is 6.37. The first-order valence-electron chi connectivity index (χ1n) is 10.1. The Morgan fingerprint density at radius 2 is 0.696 bits per heavy atom. The molecule has 0 saturated carbocycles. The van der Waals surface area contributed by atoms with Gasteiger partial charge in [-0.05, 0) is 12.8 Å². The second kappa shape index (κ2) is 21.9. The third-order valence-electron chi connectivity index (χ3n) is 4.03. The van der Waals surface area contributed by atoms with Crippen molar-refractivity contribution in [2.24, 2.45) is 0 Å². The summed E-state index contributed by atoms with van der Waals surface area (Å²) in [7, 11) is 0. The predicted molar refractivity (Wildman–Crippen MR) is 99.2 cm³/mol. The van der Waals surface area contributed by atoms with Crippen LogP contribution < -0.4 is 0 Å². The molecule has 0 heterocycles. The predicted octanol–water partition coefficient (Wildman–Crippen LogP) is 5.76. The van der Waals surface area contributed by atoms with Gasteiger partial charge in [0.15, 0.2) is 0 Å². The smallest absolute Gasteiger partial charge is 0.0701 e. The number of unbranched alkanes of at least 4 members (excludes halogenated alkanes) is 10. The highest BCUT2D eigenvalue weighted by atomic mass is 16.5. The second-order valence-electron chi connectivity index (χ2n) is 6.37. The summed E-state index contributed by atoms with van der Waals surface area (Å²) in [5.74, 6) is 0. The summed E-state index contributed by atoms with van der Waals surface area (Å²) in [5.41, 5.74) is 0. The third-order valence-corrected chi connectivity index (χ3v) is 4.03. The monoisotopic (exact) mass is 330 g/mol. The van der Waals surface area contributed by atoms with Gasteiger partial charge in [-0.2, -0.15) is 0 Å². The number of hydrogen-bond donors (Lipinski definition) is 0. The lowest BCUT2D eigenvalue weighted by Gasteiger charge is -2.06. The summed E-state index contributed by atoms with van der Waals surface area (Å²) in [4.78, 5) is 0.